The molecule has 2 aromatic rings. The van der Waals surface area contributed by atoms with Gasteiger partial charge in [-0.2, -0.15) is 0 Å². The van der Waals surface area contributed by atoms with Crippen molar-refractivity contribution in [2.45, 2.75) is 31.6 Å². The van der Waals surface area contributed by atoms with Crippen molar-refractivity contribution in [3.63, 3.8) is 0 Å². The second-order valence-electron chi connectivity index (χ2n) is 6.64. The van der Waals surface area contributed by atoms with Gasteiger partial charge >= 0.3 is 6.03 Å². The molecule has 1 N–H and O–H groups in total. The SMILES string of the molecule is Cc1ccc(S(=O)(=O)N(CC(=O)Nc2nc(C)cs2)C(=O)N2CCCC2)cc1. The smallest absolute Gasteiger partial charge is 0.324 e. The molecule has 1 aliphatic heterocycles. The average Bonchev–Trinajstić information content (AvgIpc) is 3.31. The van der Waals surface area contributed by atoms with Crippen molar-refractivity contribution in [2.75, 3.05) is 25.0 Å². The Morgan fingerprint density at radius 2 is 1.82 bits per heavy atom. The highest BCUT2D eigenvalue weighted by atomic mass is 32.2. The van der Waals surface area contributed by atoms with E-state index >= 15 is 0 Å². The first kappa shape index (κ1) is 20.3. The normalized spacial score (nSPS) is 14.1. The molecule has 0 unspecified atom stereocenters. The van der Waals surface area contributed by atoms with E-state index < -0.39 is 28.5 Å². The van der Waals surface area contributed by atoms with Gasteiger partial charge in [-0.1, -0.05) is 17.7 Å². The van der Waals surface area contributed by atoms with Gasteiger partial charge in [0.2, 0.25) is 5.91 Å². The summed E-state index contributed by atoms with van der Waals surface area (Å²) in [6.07, 6.45) is 1.63. The molecule has 1 aromatic heterocycles. The van der Waals surface area contributed by atoms with E-state index in [1.165, 1.54) is 28.4 Å². The number of rotatable bonds is 5. The summed E-state index contributed by atoms with van der Waals surface area (Å²) in [5.74, 6) is -0.613. The summed E-state index contributed by atoms with van der Waals surface area (Å²) in [4.78, 5) is 30.9. The van der Waals surface area contributed by atoms with Crippen molar-refractivity contribution in [1.29, 1.82) is 0 Å². The van der Waals surface area contributed by atoms with Crippen molar-refractivity contribution in [3.8, 4) is 0 Å². The second kappa shape index (κ2) is 8.27. The maximum absolute atomic E-state index is 13.1. The molecule has 28 heavy (non-hydrogen) atoms. The molecular formula is C18H22N4O4S2. The zero-order valence-electron chi connectivity index (χ0n) is 15.7. The van der Waals surface area contributed by atoms with Gasteiger partial charge in [0.25, 0.3) is 10.0 Å². The lowest BCUT2D eigenvalue weighted by molar-refractivity contribution is -0.116. The Labute approximate surface area is 168 Å². The number of benzene rings is 1. The Kier molecular flexibility index (Phi) is 5.99. The lowest BCUT2D eigenvalue weighted by atomic mass is 10.2. The molecule has 150 valence electrons. The maximum atomic E-state index is 13.1. The molecule has 1 fully saturated rings. The predicted octanol–water partition coefficient (Wildman–Crippen LogP) is 2.61. The molecule has 0 radical (unpaired) electrons. The Hall–Kier alpha value is -2.46. The van der Waals surface area contributed by atoms with Gasteiger partial charge in [-0.3, -0.25) is 4.79 Å². The Balaban J connectivity index is 1.86. The van der Waals surface area contributed by atoms with Gasteiger partial charge in [-0.25, -0.2) is 22.5 Å². The number of thiazole rings is 1. The van der Waals surface area contributed by atoms with Gasteiger partial charge in [0.15, 0.2) is 5.13 Å². The molecule has 2 heterocycles. The number of likely N-dealkylation sites (tertiary alicyclic amines) is 1. The van der Waals surface area contributed by atoms with Gasteiger partial charge in [0.1, 0.15) is 6.54 Å². The van der Waals surface area contributed by atoms with Crippen LogP contribution in [-0.2, 0) is 14.8 Å². The van der Waals surface area contributed by atoms with Crippen molar-refractivity contribution in [1.82, 2.24) is 14.2 Å². The molecule has 3 rings (SSSR count). The van der Waals surface area contributed by atoms with Gasteiger partial charge in [0, 0.05) is 18.5 Å². The number of urea groups is 1. The molecule has 0 atom stereocenters. The van der Waals surface area contributed by atoms with Crippen LogP contribution in [0.25, 0.3) is 0 Å². The van der Waals surface area contributed by atoms with Crippen LogP contribution in [0.15, 0.2) is 34.5 Å². The highest BCUT2D eigenvalue weighted by Gasteiger charge is 2.35. The summed E-state index contributed by atoms with van der Waals surface area (Å²) in [5, 5.41) is 4.70. The highest BCUT2D eigenvalue weighted by molar-refractivity contribution is 7.89. The van der Waals surface area contributed by atoms with Gasteiger partial charge < -0.3 is 10.2 Å². The lowest BCUT2D eigenvalue weighted by Gasteiger charge is -2.27. The van der Waals surface area contributed by atoms with E-state index in [1.807, 2.05) is 6.92 Å². The minimum absolute atomic E-state index is 0.0245. The van der Waals surface area contributed by atoms with Gasteiger partial charge in [-0.15, -0.1) is 11.3 Å². The number of anilines is 1. The van der Waals surface area contributed by atoms with Crippen LogP contribution in [0, 0.1) is 13.8 Å². The zero-order chi connectivity index (χ0) is 20.3. The Morgan fingerprint density at radius 1 is 1.18 bits per heavy atom. The largest absolute Gasteiger partial charge is 0.334 e. The molecule has 1 aromatic carbocycles. The van der Waals surface area contributed by atoms with Crippen LogP contribution in [0.1, 0.15) is 24.1 Å². The molecular weight excluding hydrogens is 400 g/mol. The lowest BCUT2D eigenvalue weighted by Crippen LogP contribution is -2.48. The Bertz CT molecular complexity index is 964. The first-order chi connectivity index (χ1) is 13.3. The van der Waals surface area contributed by atoms with E-state index in [4.69, 9.17) is 0 Å². The van der Waals surface area contributed by atoms with E-state index in [0.717, 1.165) is 24.1 Å². The van der Waals surface area contributed by atoms with Crippen molar-refractivity contribution < 1.29 is 18.0 Å². The van der Waals surface area contributed by atoms with Crippen LogP contribution in [-0.4, -0.2) is 54.2 Å². The number of hydrogen-bond donors (Lipinski definition) is 1. The fraction of sp³-hybridized carbons (Fsp3) is 0.389. The first-order valence-corrected chi connectivity index (χ1v) is 11.2. The molecule has 1 saturated heterocycles. The zero-order valence-corrected chi connectivity index (χ0v) is 17.3. The number of carbonyl (C=O) groups excluding carboxylic acids is 2. The minimum atomic E-state index is -4.17. The third kappa shape index (κ3) is 4.50. The van der Waals surface area contributed by atoms with E-state index in [1.54, 1.807) is 24.4 Å². The average molecular weight is 423 g/mol. The summed E-state index contributed by atoms with van der Waals surface area (Å²) >= 11 is 1.24. The molecule has 8 nitrogen and oxygen atoms in total. The van der Waals surface area contributed by atoms with Crippen LogP contribution < -0.4 is 5.32 Å². The topological polar surface area (TPSA) is 99.7 Å². The van der Waals surface area contributed by atoms with Crippen LogP contribution >= 0.6 is 11.3 Å². The summed E-state index contributed by atoms with van der Waals surface area (Å²) in [6.45, 7) is 3.98. The molecule has 1 aliphatic rings. The quantitative estimate of drug-likeness (QED) is 0.798. The number of nitrogens with zero attached hydrogens (tertiary/aromatic N) is 3. The standard InChI is InChI=1S/C18H22N4O4S2/c1-13-5-7-15(8-6-13)28(25,26)22(18(24)21-9-3-4-10-21)11-16(23)20-17-19-14(2)12-27-17/h5-8,12H,3-4,9-11H2,1-2H3,(H,19,20,23). The molecule has 0 spiro atoms. The number of hydrogen-bond acceptors (Lipinski definition) is 6. The van der Waals surface area contributed by atoms with Gasteiger partial charge in [0.05, 0.1) is 10.6 Å². The number of nitrogens with one attached hydrogen (secondary N) is 1. The number of amides is 3. The maximum Gasteiger partial charge on any atom is 0.334 e. The third-order valence-corrected chi connectivity index (χ3v) is 6.96. The second-order valence-corrected chi connectivity index (χ2v) is 9.36. The van der Waals surface area contributed by atoms with Crippen LogP contribution in [0.2, 0.25) is 0 Å². The Morgan fingerprint density at radius 3 is 2.39 bits per heavy atom. The molecule has 10 heteroatoms. The third-order valence-electron chi connectivity index (χ3n) is 4.35. The first-order valence-electron chi connectivity index (χ1n) is 8.87. The molecule has 0 bridgehead atoms. The van der Waals surface area contributed by atoms with E-state index in [2.05, 4.69) is 10.3 Å². The van der Waals surface area contributed by atoms with Crippen molar-refractivity contribution >= 4 is 38.4 Å². The summed E-state index contributed by atoms with van der Waals surface area (Å²) in [7, 11) is -4.17. The van der Waals surface area contributed by atoms with Crippen molar-refractivity contribution in [3.05, 3.63) is 40.9 Å². The number of sulfonamides is 1. The van der Waals surface area contributed by atoms with E-state index in [0.29, 0.717) is 22.5 Å². The monoisotopic (exact) mass is 422 g/mol. The van der Waals surface area contributed by atoms with Crippen molar-refractivity contribution in [2.24, 2.45) is 0 Å². The van der Waals surface area contributed by atoms with E-state index in [-0.39, 0.29) is 4.90 Å². The van der Waals surface area contributed by atoms with Gasteiger partial charge in [-0.05, 0) is 38.8 Å². The molecule has 0 saturated carbocycles. The van der Waals surface area contributed by atoms with Crippen LogP contribution in [0.4, 0.5) is 9.93 Å². The number of aromatic nitrogens is 1. The molecule has 3 amide bonds. The summed E-state index contributed by atoms with van der Waals surface area (Å²) in [5.41, 5.74) is 1.64. The van der Waals surface area contributed by atoms with Crippen LogP contribution in [0.5, 0.6) is 0 Å². The molecule has 0 aliphatic carbocycles. The number of aryl methyl sites for hydroxylation is 2. The fourth-order valence-electron chi connectivity index (χ4n) is 2.86. The fourth-order valence-corrected chi connectivity index (χ4v) is 4.91. The summed E-state index contributed by atoms with van der Waals surface area (Å²) in [6, 6.07) is 5.52. The minimum Gasteiger partial charge on any atom is -0.324 e. The summed E-state index contributed by atoms with van der Waals surface area (Å²) < 4.78 is 26.9. The predicted molar refractivity (Wildman–Crippen MR) is 107 cm³/mol. The number of carbonyl (C=O) groups is 2. The highest BCUT2D eigenvalue weighted by Crippen LogP contribution is 2.21. The van der Waals surface area contributed by atoms with E-state index in [9.17, 15) is 18.0 Å². The van der Waals surface area contributed by atoms with Crippen LogP contribution in [0.3, 0.4) is 0 Å².